The van der Waals surface area contributed by atoms with Crippen molar-refractivity contribution in [2.45, 2.75) is 19.4 Å². The zero-order valence-corrected chi connectivity index (χ0v) is 12.6. The molecule has 0 saturated heterocycles. The number of aromatic nitrogens is 4. The normalized spacial score (nSPS) is 10.8. The highest BCUT2D eigenvalue weighted by Crippen LogP contribution is 2.23. The second kappa shape index (κ2) is 6.89. The van der Waals surface area contributed by atoms with E-state index >= 15 is 0 Å². The van der Waals surface area contributed by atoms with E-state index in [-0.39, 0.29) is 0 Å². The summed E-state index contributed by atoms with van der Waals surface area (Å²) in [6.45, 7) is 1.87. The summed E-state index contributed by atoms with van der Waals surface area (Å²) in [6.07, 6.45) is 9.38. The molecule has 0 unspecified atom stereocenters. The van der Waals surface area contributed by atoms with Crippen molar-refractivity contribution < 1.29 is 4.74 Å². The second-order valence-electron chi connectivity index (χ2n) is 5.04. The maximum absolute atomic E-state index is 5.22. The topological polar surface area (TPSA) is 64.9 Å². The molecule has 3 rings (SSSR count). The quantitative estimate of drug-likeness (QED) is 0.679. The van der Waals surface area contributed by atoms with Crippen LogP contribution in [0.3, 0.4) is 0 Å². The lowest BCUT2D eigenvalue weighted by Crippen LogP contribution is -2.06. The molecule has 2 aromatic heterocycles. The number of imidazole rings is 1. The third kappa shape index (κ3) is 3.33. The van der Waals surface area contributed by atoms with Crippen LogP contribution in [0.15, 0.2) is 43.2 Å². The van der Waals surface area contributed by atoms with E-state index in [2.05, 4.69) is 24.8 Å². The van der Waals surface area contributed by atoms with Gasteiger partial charge in [-0.1, -0.05) is 0 Å². The highest BCUT2D eigenvalue weighted by atomic mass is 16.5. The number of nitrogens with zero attached hydrogens (tertiary/aromatic N) is 4. The third-order valence-electron chi connectivity index (χ3n) is 3.54. The van der Waals surface area contributed by atoms with Gasteiger partial charge in [-0.05, 0) is 25.0 Å². The molecule has 0 bridgehead atoms. The van der Waals surface area contributed by atoms with Gasteiger partial charge in [0.25, 0.3) is 0 Å². The van der Waals surface area contributed by atoms with Crippen molar-refractivity contribution in [1.29, 1.82) is 0 Å². The molecule has 1 aromatic carbocycles. The summed E-state index contributed by atoms with van der Waals surface area (Å²) in [7, 11) is 1.65. The molecule has 0 saturated carbocycles. The van der Waals surface area contributed by atoms with Gasteiger partial charge in [-0.3, -0.25) is 0 Å². The number of rotatable bonds is 7. The van der Waals surface area contributed by atoms with Crippen LogP contribution in [0.2, 0.25) is 0 Å². The summed E-state index contributed by atoms with van der Waals surface area (Å²) in [5.74, 6) is 1.67. The van der Waals surface area contributed by atoms with E-state index in [1.807, 2.05) is 30.7 Å². The van der Waals surface area contributed by atoms with Crippen LogP contribution in [0.4, 0.5) is 5.82 Å². The van der Waals surface area contributed by atoms with E-state index in [1.165, 1.54) is 0 Å². The zero-order valence-electron chi connectivity index (χ0n) is 12.6. The minimum atomic E-state index is 0.803. The number of nitrogens with one attached hydrogen (secondary N) is 1. The lowest BCUT2D eigenvalue weighted by Gasteiger charge is -2.09. The van der Waals surface area contributed by atoms with Crippen LogP contribution < -0.4 is 10.1 Å². The molecule has 0 spiro atoms. The molecule has 0 radical (unpaired) electrons. The van der Waals surface area contributed by atoms with Crippen molar-refractivity contribution in [2.75, 3.05) is 19.0 Å². The molecule has 0 amide bonds. The summed E-state index contributed by atoms with van der Waals surface area (Å²) < 4.78 is 7.31. The number of hydrogen-bond acceptors (Lipinski definition) is 5. The molecule has 3 aromatic rings. The number of anilines is 1. The van der Waals surface area contributed by atoms with Gasteiger partial charge in [0, 0.05) is 36.9 Å². The van der Waals surface area contributed by atoms with Crippen LogP contribution in [0.5, 0.6) is 5.75 Å². The molecule has 6 heteroatoms. The van der Waals surface area contributed by atoms with Gasteiger partial charge in [0.15, 0.2) is 0 Å². The SMILES string of the molecule is COc1ccc2c(NCCCCn3ccnc3)ncnc2c1. The Labute approximate surface area is 129 Å². The van der Waals surface area contributed by atoms with Crippen LogP contribution in [0.1, 0.15) is 12.8 Å². The van der Waals surface area contributed by atoms with Crippen molar-refractivity contribution in [3.63, 3.8) is 0 Å². The molecule has 1 N–H and O–H groups in total. The number of benzene rings is 1. The van der Waals surface area contributed by atoms with Gasteiger partial charge >= 0.3 is 0 Å². The van der Waals surface area contributed by atoms with Crippen LogP contribution in [-0.4, -0.2) is 33.2 Å². The molecule has 6 nitrogen and oxygen atoms in total. The molecule has 0 fully saturated rings. The first-order chi connectivity index (χ1) is 10.9. The largest absolute Gasteiger partial charge is 0.497 e. The predicted molar refractivity (Wildman–Crippen MR) is 86.0 cm³/mol. The number of fused-ring (bicyclic) bond motifs is 1. The Hall–Kier alpha value is -2.63. The van der Waals surface area contributed by atoms with Crippen molar-refractivity contribution >= 4 is 16.7 Å². The summed E-state index contributed by atoms with van der Waals surface area (Å²) in [4.78, 5) is 12.7. The molecule has 2 heterocycles. The second-order valence-corrected chi connectivity index (χ2v) is 5.04. The van der Waals surface area contributed by atoms with Crippen LogP contribution in [-0.2, 0) is 6.54 Å². The fourth-order valence-corrected chi connectivity index (χ4v) is 2.35. The number of hydrogen-bond donors (Lipinski definition) is 1. The molecule has 0 aliphatic rings. The molecule has 0 atom stereocenters. The first-order valence-electron chi connectivity index (χ1n) is 7.35. The van der Waals surface area contributed by atoms with E-state index in [0.717, 1.165) is 48.4 Å². The van der Waals surface area contributed by atoms with Gasteiger partial charge in [-0.25, -0.2) is 15.0 Å². The maximum Gasteiger partial charge on any atom is 0.137 e. The Balaban J connectivity index is 1.57. The van der Waals surface area contributed by atoms with Gasteiger partial charge in [0.1, 0.15) is 17.9 Å². The van der Waals surface area contributed by atoms with Gasteiger partial charge < -0.3 is 14.6 Å². The molecule has 114 valence electrons. The van der Waals surface area contributed by atoms with E-state index in [4.69, 9.17) is 4.74 Å². The summed E-state index contributed by atoms with van der Waals surface area (Å²) in [5.41, 5.74) is 0.885. The Kier molecular flexibility index (Phi) is 4.48. The highest BCUT2D eigenvalue weighted by molar-refractivity contribution is 5.89. The minimum Gasteiger partial charge on any atom is -0.497 e. The van der Waals surface area contributed by atoms with Crippen molar-refractivity contribution in [3.8, 4) is 5.75 Å². The monoisotopic (exact) mass is 297 g/mol. The van der Waals surface area contributed by atoms with Crippen LogP contribution in [0, 0.1) is 0 Å². The van der Waals surface area contributed by atoms with Crippen molar-refractivity contribution in [1.82, 2.24) is 19.5 Å². The molecule has 0 aliphatic carbocycles. The van der Waals surface area contributed by atoms with Crippen LogP contribution >= 0.6 is 0 Å². The molecule has 0 aliphatic heterocycles. The smallest absolute Gasteiger partial charge is 0.137 e. The van der Waals surface area contributed by atoms with E-state index in [9.17, 15) is 0 Å². The maximum atomic E-state index is 5.22. The van der Waals surface area contributed by atoms with Gasteiger partial charge in [0.05, 0.1) is 19.0 Å². The van der Waals surface area contributed by atoms with Crippen molar-refractivity contribution in [2.24, 2.45) is 0 Å². The van der Waals surface area contributed by atoms with Gasteiger partial charge in [-0.2, -0.15) is 0 Å². The van der Waals surface area contributed by atoms with Gasteiger partial charge in [-0.15, -0.1) is 0 Å². The lowest BCUT2D eigenvalue weighted by atomic mass is 10.2. The third-order valence-corrected chi connectivity index (χ3v) is 3.54. The average molecular weight is 297 g/mol. The average Bonchev–Trinajstić information content (AvgIpc) is 3.07. The van der Waals surface area contributed by atoms with Crippen LogP contribution in [0.25, 0.3) is 10.9 Å². The molecule has 22 heavy (non-hydrogen) atoms. The minimum absolute atomic E-state index is 0.803. The summed E-state index contributed by atoms with van der Waals surface area (Å²) in [5, 5.41) is 4.40. The number of unbranched alkanes of at least 4 members (excludes halogenated alkanes) is 1. The molecular formula is C16H19N5O. The lowest BCUT2D eigenvalue weighted by molar-refractivity contribution is 0.415. The number of aryl methyl sites for hydroxylation is 1. The first-order valence-corrected chi connectivity index (χ1v) is 7.35. The molecular weight excluding hydrogens is 278 g/mol. The standard InChI is InChI=1S/C16H19N5O/c1-22-13-4-5-14-15(10-13)19-11-20-16(14)18-6-2-3-8-21-9-7-17-12-21/h4-5,7,9-12H,2-3,6,8H2,1H3,(H,18,19,20). The highest BCUT2D eigenvalue weighted by Gasteiger charge is 2.04. The Morgan fingerprint density at radius 3 is 3.00 bits per heavy atom. The van der Waals surface area contributed by atoms with Crippen molar-refractivity contribution in [3.05, 3.63) is 43.2 Å². The Bertz CT molecular complexity index is 726. The Morgan fingerprint density at radius 2 is 2.18 bits per heavy atom. The summed E-state index contributed by atoms with van der Waals surface area (Å²) in [6, 6.07) is 5.83. The van der Waals surface area contributed by atoms with Gasteiger partial charge in [0.2, 0.25) is 0 Å². The number of ether oxygens (including phenoxy) is 1. The fraction of sp³-hybridized carbons (Fsp3) is 0.312. The summed E-state index contributed by atoms with van der Waals surface area (Å²) >= 11 is 0. The zero-order chi connectivity index (χ0) is 15.2. The van der Waals surface area contributed by atoms with E-state index in [0.29, 0.717) is 0 Å². The number of methoxy groups -OCH3 is 1. The Morgan fingerprint density at radius 1 is 1.23 bits per heavy atom. The van der Waals surface area contributed by atoms with E-state index in [1.54, 1.807) is 19.6 Å². The predicted octanol–water partition coefficient (Wildman–Crippen LogP) is 2.73. The van der Waals surface area contributed by atoms with E-state index < -0.39 is 0 Å². The first kappa shape index (κ1) is 14.3. The fourth-order valence-electron chi connectivity index (χ4n) is 2.35.